The van der Waals surface area contributed by atoms with Crippen LogP contribution in [0.15, 0.2) is 30.3 Å². The minimum absolute atomic E-state index is 0.0358. The summed E-state index contributed by atoms with van der Waals surface area (Å²) in [4.78, 5) is 12.2. The summed E-state index contributed by atoms with van der Waals surface area (Å²) in [5, 5.41) is 11.2. The topological polar surface area (TPSA) is 46.5 Å². The van der Waals surface area contributed by atoms with Crippen molar-refractivity contribution >= 4 is 5.97 Å². The first-order valence-electron chi connectivity index (χ1n) is 10.4. The molecule has 0 aliphatic rings. The fourth-order valence-electron chi connectivity index (χ4n) is 3.20. The van der Waals surface area contributed by atoms with E-state index in [9.17, 15) is 9.90 Å². The third-order valence-corrected chi connectivity index (χ3v) is 4.88. The second-order valence-electron chi connectivity index (χ2n) is 7.85. The monoisotopic (exact) mass is 362 g/mol. The highest BCUT2D eigenvalue weighted by atomic mass is 16.5. The molecule has 1 atom stereocenters. The predicted molar refractivity (Wildman–Crippen MR) is 108 cm³/mol. The van der Waals surface area contributed by atoms with Gasteiger partial charge in [-0.2, -0.15) is 0 Å². The number of esters is 1. The SMILES string of the molecule is CCCCOC(=O)CC(O)(CCCCCCCC(C)C)c1ccccc1. The number of rotatable bonds is 14. The van der Waals surface area contributed by atoms with E-state index in [-0.39, 0.29) is 12.4 Å². The molecule has 0 saturated carbocycles. The van der Waals surface area contributed by atoms with E-state index < -0.39 is 5.60 Å². The number of hydrogen-bond acceptors (Lipinski definition) is 3. The van der Waals surface area contributed by atoms with Crippen molar-refractivity contribution in [2.45, 2.75) is 90.6 Å². The van der Waals surface area contributed by atoms with Gasteiger partial charge in [-0.05, 0) is 24.3 Å². The van der Waals surface area contributed by atoms with Crippen LogP contribution in [-0.2, 0) is 15.1 Å². The zero-order valence-electron chi connectivity index (χ0n) is 17.0. The molecule has 26 heavy (non-hydrogen) atoms. The molecule has 1 aromatic rings. The molecular weight excluding hydrogens is 324 g/mol. The molecule has 0 fully saturated rings. The average Bonchev–Trinajstić information content (AvgIpc) is 2.61. The molecule has 0 aliphatic carbocycles. The summed E-state index contributed by atoms with van der Waals surface area (Å²) < 4.78 is 5.28. The van der Waals surface area contributed by atoms with Gasteiger partial charge in [0.15, 0.2) is 0 Å². The average molecular weight is 363 g/mol. The van der Waals surface area contributed by atoms with Gasteiger partial charge in [-0.1, -0.05) is 96.0 Å². The maximum absolute atomic E-state index is 12.2. The molecule has 0 saturated heterocycles. The van der Waals surface area contributed by atoms with Crippen LogP contribution in [0.2, 0.25) is 0 Å². The highest BCUT2D eigenvalue weighted by Crippen LogP contribution is 2.31. The van der Waals surface area contributed by atoms with Crippen LogP contribution in [-0.4, -0.2) is 17.7 Å². The lowest BCUT2D eigenvalue weighted by Crippen LogP contribution is -2.30. The molecule has 148 valence electrons. The number of carbonyl (C=O) groups excluding carboxylic acids is 1. The summed E-state index contributed by atoms with van der Waals surface area (Å²) in [5.74, 6) is 0.471. The van der Waals surface area contributed by atoms with Gasteiger partial charge < -0.3 is 9.84 Å². The first-order chi connectivity index (χ1) is 12.5. The van der Waals surface area contributed by atoms with Crippen LogP contribution < -0.4 is 0 Å². The molecule has 3 nitrogen and oxygen atoms in total. The minimum atomic E-state index is -1.12. The number of ether oxygens (including phenoxy) is 1. The second-order valence-corrected chi connectivity index (χ2v) is 7.85. The maximum Gasteiger partial charge on any atom is 0.309 e. The Kier molecular flexibility index (Phi) is 11.3. The van der Waals surface area contributed by atoms with E-state index in [1.54, 1.807) is 0 Å². The molecule has 0 radical (unpaired) electrons. The van der Waals surface area contributed by atoms with Gasteiger partial charge in [0.1, 0.15) is 5.60 Å². The maximum atomic E-state index is 12.2. The Labute approximate surface area is 160 Å². The Balaban J connectivity index is 2.50. The zero-order valence-corrected chi connectivity index (χ0v) is 17.0. The van der Waals surface area contributed by atoms with E-state index >= 15 is 0 Å². The number of hydrogen-bond donors (Lipinski definition) is 1. The Bertz CT molecular complexity index is 483. The molecule has 1 rings (SSSR count). The Morgan fingerprint density at radius 1 is 1.04 bits per heavy atom. The Morgan fingerprint density at radius 2 is 1.69 bits per heavy atom. The van der Waals surface area contributed by atoms with Crippen molar-refractivity contribution < 1.29 is 14.6 Å². The van der Waals surface area contributed by atoms with E-state index in [0.29, 0.717) is 13.0 Å². The standard InChI is InChI=1S/C23H38O3/c1-4-5-18-26-22(24)19-23(25,21-15-11-9-12-16-21)17-13-8-6-7-10-14-20(2)3/h9,11-12,15-16,20,25H,4-8,10,13-14,17-19H2,1-3H3. The third kappa shape index (κ3) is 9.38. The lowest BCUT2D eigenvalue weighted by molar-refractivity contribution is -0.150. The van der Waals surface area contributed by atoms with Gasteiger partial charge >= 0.3 is 5.97 Å². The van der Waals surface area contributed by atoms with E-state index in [2.05, 4.69) is 20.8 Å². The van der Waals surface area contributed by atoms with Crippen LogP contribution in [0.4, 0.5) is 0 Å². The molecule has 0 spiro atoms. The van der Waals surface area contributed by atoms with Crippen molar-refractivity contribution in [3.8, 4) is 0 Å². The van der Waals surface area contributed by atoms with Crippen molar-refractivity contribution in [2.24, 2.45) is 5.92 Å². The van der Waals surface area contributed by atoms with Crippen molar-refractivity contribution in [2.75, 3.05) is 6.61 Å². The third-order valence-electron chi connectivity index (χ3n) is 4.88. The lowest BCUT2D eigenvalue weighted by Gasteiger charge is -2.28. The van der Waals surface area contributed by atoms with Crippen molar-refractivity contribution in [3.05, 3.63) is 35.9 Å². The fraction of sp³-hybridized carbons (Fsp3) is 0.696. The molecule has 1 N–H and O–H groups in total. The number of carbonyl (C=O) groups is 1. The van der Waals surface area contributed by atoms with Gasteiger partial charge in [-0.3, -0.25) is 4.79 Å². The predicted octanol–water partition coefficient (Wildman–Crippen LogP) is 5.99. The van der Waals surface area contributed by atoms with Gasteiger partial charge in [-0.15, -0.1) is 0 Å². The summed E-state index contributed by atoms with van der Waals surface area (Å²) >= 11 is 0. The molecule has 1 unspecified atom stereocenters. The van der Waals surface area contributed by atoms with Crippen LogP contribution in [0.25, 0.3) is 0 Å². The molecule has 0 heterocycles. The van der Waals surface area contributed by atoms with E-state index in [4.69, 9.17) is 4.74 Å². The molecule has 0 aromatic heterocycles. The van der Waals surface area contributed by atoms with Crippen molar-refractivity contribution in [1.82, 2.24) is 0 Å². The molecule has 0 amide bonds. The normalized spacial score (nSPS) is 13.6. The first kappa shape index (κ1) is 22.7. The van der Waals surface area contributed by atoms with E-state index in [1.807, 2.05) is 30.3 Å². The second kappa shape index (κ2) is 12.9. The van der Waals surface area contributed by atoms with Crippen LogP contribution in [0, 0.1) is 5.92 Å². The molecule has 3 heteroatoms. The summed E-state index contributed by atoms with van der Waals surface area (Å²) in [6.45, 7) is 7.03. The summed E-state index contributed by atoms with van der Waals surface area (Å²) in [5.41, 5.74) is -0.310. The number of benzene rings is 1. The molecular formula is C23H38O3. The van der Waals surface area contributed by atoms with Crippen molar-refractivity contribution in [1.29, 1.82) is 0 Å². The summed E-state index contributed by atoms with van der Waals surface area (Å²) in [7, 11) is 0. The number of unbranched alkanes of at least 4 members (excludes halogenated alkanes) is 5. The highest BCUT2D eigenvalue weighted by molar-refractivity contribution is 5.71. The number of aliphatic hydroxyl groups is 1. The van der Waals surface area contributed by atoms with Gasteiger partial charge in [-0.25, -0.2) is 0 Å². The van der Waals surface area contributed by atoms with Crippen LogP contribution in [0.3, 0.4) is 0 Å². The summed E-state index contributed by atoms with van der Waals surface area (Å²) in [6.07, 6.45) is 9.53. The highest BCUT2D eigenvalue weighted by Gasteiger charge is 2.32. The molecule has 1 aromatic carbocycles. The van der Waals surface area contributed by atoms with Crippen LogP contribution in [0.1, 0.15) is 90.5 Å². The minimum Gasteiger partial charge on any atom is -0.466 e. The molecule has 0 bridgehead atoms. The quantitative estimate of drug-likeness (QED) is 0.326. The fourth-order valence-corrected chi connectivity index (χ4v) is 3.20. The van der Waals surface area contributed by atoms with Gasteiger partial charge in [0.2, 0.25) is 0 Å². The first-order valence-corrected chi connectivity index (χ1v) is 10.4. The van der Waals surface area contributed by atoms with Crippen molar-refractivity contribution in [3.63, 3.8) is 0 Å². The summed E-state index contributed by atoms with van der Waals surface area (Å²) in [6, 6.07) is 9.56. The van der Waals surface area contributed by atoms with Gasteiger partial charge in [0.25, 0.3) is 0 Å². The van der Waals surface area contributed by atoms with E-state index in [1.165, 1.54) is 25.7 Å². The smallest absolute Gasteiger partial charge is 0.309 e. The largest absolute Gasteiger partial charge is 0.466 e. The zero-order chi connectivity index (χ0) is 19.3. The molecule has 0 aliphatic heterocycles. The van der Waals surface area contributed by atoms with Crippen LogP contribution in [0.5, 0.6) is 0 Å². The Morgan fingerprint density at radius 3 is 2.35 bits per heavy atom. The Hall–Kier alpha value is -1.35. The van der Waals surface area contributed by atoms with Gasteiger partial charge in [0.05, 0.1) is 13.0 Å². The van der Waals surface area contributed by atoms with Crippen LogP contribution >= 0.6 is 0 Å². The lowest BCUT2D eigenvalue weighted by atomic mass is 9.85. The van der Waals surface area contributed by atoms with E-state index in [0.717, 1.165) is 37.2 Å². The van der Waals surface area contributed by atoms with Gasteiger partial charge in [0, 0.05) is 0 Å².